The zero-order valence-corrected chi connectivity index (χ0v) is 19.3. The molecule has 3 rings (SSSR count). The quantitative estimate of drug-likeness (QED) is 0.499. The highest BCUT2D eigenvalue weighted by atomic mass is 32.2. The van der Waals surface area contributed by atoms with Gasteiger partial charge >= 0.3 is 0 Å². The Morgan fingerprint density at radius 3 is 2.68 bits per heavy atom. The molecule has 158 valence electrons. The highest BCUT2D eigenvalue weighted by molar-refractivity contribution is 8.00. The van der Waals surface area contributed by atoms with Crippen molar-refractivity contribution in [2.75, 3.05) is 31.9 Å². The lowest BCUT2D eigenvalue weighted by Gasteiger charge is -2.25. The molecule has 0 radical (unpaired) electrons. The minimum Gasteiger partial charge on any atom is -0.357 e. The summed E-state index contributed by atoms with van der Waals surface area (Å²) in [6.45, 7) is 7.81. The molecule has 1 unspecified atom stereocenters. The van der Waals surface area contributed by atoms with Crippen LogP contribution in [0.1, 0.15) is 50.8 Å². The third-order valence-corrected chi connectivity index (χ3v) is 10.2. The van der Waals surface area contributed by atoms with Crippen LogP contribution < -0.4 is 10.6 Å². The maximum Gasteiger partial charge on any atom is 0.252 e. The van der Waals surface area contributed by atoms with E-state index in [1.165, 1.54) is 29.9 Å². The predicted octanol–water partition coefficient (Wildman–Crippen LogP) is 3.26. The van der Waals surface area contributed by atoms with Crippen molar-refractivity contribution in [1.29, 1.82) is 0 Å². The molecular weight excluding hydrogens is 412 g/mol. The Hall–Kier alpha value is -0.770. The summed E-state index contributed by atoms with van der Waals surface area (Å²) < 4.78 is 27.9. The SMILES string of the molecule is CCNC(=NCc1ccc(S(=O)(=O)N2CCCCC2)s1)NCC1(C)CCCS1. The molecule has 1 aromatic heterocycles. The maximum absolute atomic E-state index is 12.8. The average Bonchev–Trinajstić information content (AvgIpc) is 3.35. The van der Waals surface area contributed by atoms with Crippen LogP contribution in [0.5, 0.6) is 0 Å². The molecule has 0 aliphatic carbocycles. The first-order valence-corrected chi connectivity index (χ1v) is 13.4. The fourth-order valence-corrected chi connectivity index (χ4v) is 7.76. The fraction of sp³-hybridized carbons (Fsp3) is 0.737. The first kappa shape index (κ1) is 21.9. The Morgan fingerprint density at radius 1 is 1.21 bits per heavy atom. The smallest absolute Gasteiger partial charge is 0.252 e. The molecule has 0 amide bonds. The first-order valence-electron chi connectivity index (χ1n) is 10.2. The molecule has 0 aromatic carbocycles. The van der Waals surface area contributed by atoms with Gasteiger partial charge in [0.1, 0.15) is 4.21 Å². The van der Waals surface area contributed by atoms with Crippen LogP contribution >= 0.6 is 23.1 Å². The zero-order chi connectivity index (χ0) is 20.0. The van der Waals surface area contributed by atoms with Crippen molar-refractivity contribution in [3.05, 3.63) is 17.0 Å². The molecule has 1 aromatic rings. The molecule has 9 heteroatoms. The number of nitrogens with zero attached hydrogens (tertiary/aromatic N) is 2. The van der Waals surface area contributed by atoms with Gasteiger partial charge in [0.2, 0.25) is 0 Å². The summed E-state index contributed by atoms with van der Waals surface area (Å²) in [7, 11) is -3.35. The van der Waals surface area contributed by atoms with Crippen molar-refractivity contribution >= 4 is 39.1 Å². The maximum atomic E-state index is 12.8. The minimum absolute atomic E-state index is 0.273. The lowest BCUT2D eigenvalue weighted by molar-refractivity contribution is 0.347. The number of rotatable bonds is 7. The highest BCUT2D eigenvalue weighted by Gasteiger charge is 2.29. The third kappa shape index (κ3) is 5.64. The van der Waals surface area contributed by atoms with E-state index in [-0.39, 0.29) is 4.75 Å². The predicted molar refractivity (Wildman–Crippen MR) is 120 cm³/mol. The van der Waals surface area contributed by atoms with Gasteiger partial charge < -0.3 is 10.6 Å². The molecule has 2 saturated heterocycles. The van der Waals surface area contributed by atoms with Crippen LogP contribution in [0.3, 0.4) is 0 Å². The number of aliphatic imine (C=N–C) groups is 1. The third-order valence-electron chi connectivity index (χ3n) is 5.21. The first-order chi connectivity index (χ1) is 13.4. The topological polar surface area (TPSA) is 73.8 Å². The van der Waals surface area contributed by atoms with Crippen molar-refractivity contribution in [1.82, 2.24) is 14.9 Å². The van der Waals surface area contributed by atoms with Crippen molar-refractivity contribution in [3.8, 4) is 0 Å². The van der Waals surface area contributed by atoms with Crippen LogP contribution in [-0.4, -0.2) is 55.4 Å². The Balaban J connectivity index is 1.61. The zero-order valence-electron chi connectivity index (χ0n) is 16.9. The van der Waals surface area contributed by atoms with E-state index < -0.39 is 10.0 Å². The van der Waals surface area contributed by atoms with Crippen molar-refractivity contribution in [2.24, 2.45) is 4.99 Å². The Bertz CT molecular complexity index is 764. The highest BCUT2D eigenvalue weighted by Crippen LogP contribution is 2.36. The number of sulfonamides is 1. The fourth-order valence-electron chi connectivity index (χ4n) is 3.56. The monoisotopic (exact) mass is 444 g/mol. The normalized spacial score (nSPS) is 24.4. The number of nitrogens with one attached hydrogen (secondary N) is 2. The van der Waals surface area contributed by atoms with E-state index in [0.29, 0.717) is 23.8 Å². The van der Waals surface area contributed by atoms with Crippen molar-refractivity contribution in [2.45, 2.75) is 61.5 Å². The van der Waals surface area contributed by atoms with Gasteiger partial charge in [-0.3, -0.25) is 0 Å². The van der Waals surface area contributed by atoms with Gasteiger partial charge in [-0.25, -0.2) is 13.4 Å². The van der Waals surface area contributed by atoms with Gasteiger partial charge in [-0.2, -0.15) is 16.1 Å². The molecule has 0 spiro atoms. The molecule has 6 nitrogen and oxygen atoms in total. The number of guanidine groups is 1. The molecule has 1 atom stereocenters. The Morgan fingerprint density at radius 2 is 2.00 bits per heavy atom. The van der Waals surface area contributed by atoms with Crippen LogP contribution in [0.2, 0.25) is 0 Å². The molecule has 0 bridgehead atoms. The molecular formula is C19H32N4O2S3. The summed E-state index contributed by atoms with van der Waals surface area (Å²) in [5.74, 6) is 2.03. The van der Waals surface area contributed by atoms with Crippen LogP contribution in [0.15, 0.2) is 21.3 Å². The van der Waals surface area contributed by atoms with Gasteiger partial charge in [-0.15, -0.1) is 11.3 Å². The van der Waals surface area contributed by atoms with Crippen LogP contribution in [0, 0.1) is 0 Å². The second kappa shape index (κ2) is 9.82. The Labute approximate surface area is 177 Å². The number of thiophene rings is 1. The standard InChI is InChI=1S/C19H32N4O2S3/c1-3-20-18(22-15-19(2)10-7-13-26-19)21-14-16-8-9-17(27-16)28(24,25)23-11-5-4-6-12-23/h8-9H,3-7,10-15H2,1-2H3,(H2,20,21,22). The second-order valence-corrected chi connectivity index (χ2v) is 12.7. The van der Waals surface area contributed by atoms with Crippen LogP contribution in [0.25, 0.3) is 0 Å². The van der Waals surface area contributed by atoms with Gasteiger partial charge in [0.15, 0.2) is 5.96 Å². The van der Waals surface area contributed by atoms with E-state index in [4.69, 9.17) is 0 Å². The van der Waals surface area contributed by atoms with E-state index in [2.05, 4.69) is 29.5 Å². The number of piperidine rings is 1. The van der Waals surface area contributed by atoms with E-state index >= 15 is 0 Å². The van der Waals surface area contributed by atoms with Crippen LogP contribution in [0.4, 0.5) is 0 Å². The second-order valence-electron chi connectivity index (χ2n) is 7.64. The summed E-state index contributed by atoms with van der Waals surface area (Å²) in [5.41, 5.74) is 0. The molecule has 28 heavy (non-hydrogen) atoms. The van der Waals surface area contributed by atoms with Crippen molar-refractivity contribution < 1.29 is 8.42 Å². The van der Waals surface area contributed by atoms with E-state index in [1.54, 1.807) is 10.4 Å². The molecule has 2 fully saturated rings. The van der Waals surface area contributed by atoms with Gasteiger partial charge in [-0.1, -0.05) is 6.42 Å². The minimum atomic E-state index is -3.35. The average molecular weight is 445 g/mol. The summed E-state index contributed by atoms with van der Waals surface area (Å²) in [6.07, 6.45) is 5.54. The summed E-state index contributed by atoms with van der Waals surface area (Å²) >= 11 is 3.36. The lowest BCUT2D eigenvalue weighted by atomic mass is 10.1. The number of hydrogen-bond donors (Lipinski definition) is 2. The van der Waals surface area contributed by atoms with Gasteiger partial charge in [0.25, 0.3) is 10.0 Å². The summed E-state index contributed by atoms with van der Waals surface area (Å²) in [4.78, 5) is 5.64. The largest absolute Gasteiger partial charge is 0.357 e. The molecule has 2 aliphatic heterocycles. The van der Waals surface area contributed by atoms with E-state index in [1.807, 2.05) is 17.8 Å². The summed E-state index contributed by atoms with van der Waals surface area (Å²) in [5, 5.41) is 6.75. The van der Waals surface area contributed by atoms with E-state index in [9.17, 15) is 8.42 Å². The molecule has 2 aliphatic rings. The Kier molecular flexibility index (Phi) is 7.69. The lowest BCUT2D eigenvalue weighted by Crippen LogP contribution is -2.43. The van der Waals surface area contributed by atoms with Crippen molar-refractivity contribution in [3.63, 3.8) is 0 Å². The molecule has 2 N–H and O–H groups in total. The molecule has 3 heterocycles. The van der Waals surface area contributed by atoms with E-state index in [0.717, 1.165) is 43.2 Å². The van der Waals surface area contributed by atoms with Gasteiger partial charge in [0.05, 0.1) is 6.54 Å². The number of hydrogen-bond acceptors (Lipinski definition) is 5. The summed E-state index contributed by atoms with van der Waals surface area (Å²) in [6, 6.07) is 3.62. The van der Waals surface area contributed by atoms with Crippen LogP contribution in [-0.2, 0) is 16.6 Å². The number of thioether (sulfide) groups is 1. The van der Waals surface area contributed by atoms with Gasteiger partial charge in [0, 0.05) is 35.8 Å². The van der Waals surface area contributed by atoms with Gasteiger partial charge in [-0.05, 0) is 57.4 Å². The molecule has 0 saturated carbocycles.